The van der Waals surface area contributed by atoms with Gasteiger partial charge < -0.3 is 5.32 Å². The lowest BCUT2D eigenvalue weighted by Gasteiger charge is -2.24. The van der Waals surface area contributed by atoms with Gasteiger partial charge >= 0.3 is 6.18 Å². The molecule has 0 spiro atoms. The molecule has 1 aromatic rings. The highest BCUT2D eigenvalue weighted by atomic mass is 35.5. The monoisotopic (exact) mass is 378 g/mol. The van der Waals surface area contributed by atoms with Gasteiger partial charge in [0.2, 0.25) is 10.0 Å². The molecular formula is C12H15Cl2F3N2O2S. The third kappa shape index (κ3) is 4.73. The quantitative estimate of drug-likeness (QED) is 0.849. The van der Waals surface area contributed by atoms with E-state index in [0.29, 0.717) is 19.0 Å². The molecule has 2 N–H and O–H groups in total. The van der Waals surface area contributed by atoms with Gasteiger partial charge in [-0.05, 0) is 37.6 Å². The van der Waals surface area contributed by atoms with Crippen LogP contribution in [0.15, 0.2) is 23.1 Å². The molecular weight excluding hydrogens is 364 g/mol. The van der Waals surface area contributed by atoms with Crippen LogP contribution in [-0.4, -0.2) is 27.5 Å². The van der Waals surface area contributed by atoms with Gasteiger partial charge in [0, 0.05) is 12.6 Å². The molecule has 4 nitrogen and oxygen atoms in total. The standard InChI is InChI=1S/C12H14ClF3N2O2S.ClH/c13-10-4-3-8(12(14,15)16)6-11(10)21(19,20)18-9-2-1-5-17-7-9;/h3-4,6,9,17-18H,1-2,5,7H2;1H/t9-;/m0./s1. The maximum absolute atomic E-state index is 12.7. The summed E-state index contributed by atoms with van der Waals surface area (Å²) >= 11 is 5.75. The van der Waals surface area contributed by atoms with Crippen molar-refractivity contribution in [2.75, 3.05) is 13.1 Å². The largest absolute Gasteiger partial charge is 0.416 e. The Morgan fingerprint density at radius 1 is 1.32 bits per heavy atom. The van der Waals surface area contributed by atoms with Gasteiger partial charge in [-0.15, -0.1) is 12.4 Å². The van der Waals surface area contributed by atoms with E-state index in [4.69, 9.17) is 11.6 Å². The van der Waals surface area contributed by atoms with Crippen molar-refractivity contribution < 1.29 is 21.6 Å². The molecule has 2 rings (SSSR count). The minimum atomic E-state index is -4.62. The van der Waals surface area contributed by atoms with E-state index in [-0.39, 0.29) is 23.5 Å². The van der Waals surface area contributed by atoms with Crippen molar-refractivity contribution in [2.24, 2.45) is 0 Å². The van der Waals surface area contributed by atoms with Gasteiger partial charge in [0.25, 0.3) is 0 Å². The maximum Gasteiger partial charge on any atom is 0.416 e. The zero-order valence-corrected chi connectivity index (χ0v) is 13.7. The van der Waals surface area contributed by atoms with Crippen LogP contribution in [0.2, 0.25) is 5.02 Å². The molecule has 0 aromatic heterocycles. The van der Waals surface area contributed by atoms with Crippen LogP contribution < -0.4 is 10.0 Å². The molecule has 0 saturated carbocycles. The molecule has 0 radical (unpaired) electrons. The SMILES string of the molecule is Cl.O=S(=O)(N[C@H]1CCCNC1)c1cc(C(F)(F)F)ccc1Cl. The third-order valence-corrected chi connectivity index (χ3v) is 5.17. The van der Waals surface area contributed by atoms with Crippen LogP contribution in [0.3, 0.4) is 0 Å². The van der Waals surface area contributed by atoms with Crippen molar-refractivity contribution in [3.05, 3.63) is 28.8 Å². The van der Waals surface area contributed by atoms with Crippen LogP contribution in [0, 0.1) is 0 Å². The normalized spacial score (nSPS) is 19.5. The summed E-state index contributed by atoms with van der Waals surface area (Å²) in [6.07, 6.45) is -3.20. The van der Waals surface area contributed by atoms with Crippen LogP contribution in [0.4, 0.5) is 13.2 Å². The Labute approximate surface area is 137 Å². The van der Waals surface area contributed by atoms with Crippen LogP contribution in [-0.2, 0) is 16.2 Å². The molecule has 0 unspecified atom stereocenters. The van der Waals surface area contributed by atoms with Gasteiger partial charge in [0.1, 0.15) is 4.90 Å². The number of alkyl halides is 3. The average molecular weight is 379 g/mol. The summed E-state index contributed by atoms with van der Waals surface area (Å²) in [6.45, 7) is 1.23. The molecule has 1 aliphatic rings. The predicted molar refractivity (Wildman–Crippen MR) is 79.9 cm³/mol. The van der Waals surface area contributed by atoms with Crippen molar-refractivity contribution in [3.63, 3.8) is 0 Å². The molecule has 1 fully saturated rings. The molecule has 22 heavy (non-hydrogen) atoms. The van der Waals surface area contributed by atoms with Gasteiger partial charge in [-0.25, -0.2) is 13.1 Å². The van der Waals surface area contributed by atoms with Gasteiger partial charge in [-0.3, -0.25) is 0 Å². The predicted octanol–water partition coefficient (Wildman–Crippen LogP) is 2.81. The minimum Gasteiger partial charge on any atom is -0.315 e. The van der Waals surface area contributed by atoms with Crippen LogP contribution in [0.25, 0.3) is 0 Å². The Morgan fingerprint density at radius 2 is 2.00 bits per heavy atom. The number of nitrogens with one attached hydrogen (secondary N) is 2. The molecule has 1 heterocycles. The van der Waals surface area contributed by atoms with E-state index in [9.17, 15) is 21.6 Å². The summed E-state index contributed by atoms with van der Waals surface area (Å²) in [7, 11) is -4.10. The molecule has 0 bridgehead atoms. The van der Waals surface area contributed by atoms with Crippen LogP contribution >= 0.6 is 24.0 Å². The Bertz CT molecular complexity index is 617. The van der Waals surface area contributed by atoms with Crippen molar-refractivity contribution in [2.45, 2.75) is 30.0 Å². The fraction of sp³-hybridized carbons (Fsp3) is 0.500. The van der Waals surface area contributed by atoms with Crippen LogP contribution in [0.1, 0.15) is 18.4 Å². The van der Waals surface area contributed by atoms with Crippen molar-refractivity contribution >= 4 is 34.0 Å². The molecule has 10 heteroatoms. The number of halogens is 5. The van der Waals surface area contributed by atoms with Crippen LogP contribution in [0.5, 0.6) is 0 Å². The topological polar surface area (TPSA) is 58.2 Å². The molecule has 1 aromatic carbocycles. The summed E-state index contributed by atoms with van der Waals surface area (Å²) < 4.78 is 64.8. The molecule has 1 aliphatic heterocycles. The van der Waals surface area contributed by atoms with E-state index < -0.39 is 26.7 Å². The Kier molecular flexibility index (Phi) is 6.52. The molecule has 0 amide bonds. The fourth-order valence-corrected chi connectivity index (χ4v) is 3.92. The summed E-state index contributed by atoms with van der Waals surface area (Å²) in [5.41, 5.74) is -1.05. The number of hydrogen-bond acceptors (Lipinski definition) is 3. The van der Waals surface area contributed by atoms with E-state index in [2.05, 4.69) is 10.0 Å². The summed E-state index contributed by atoms with van der Waals surface area (Å²) in [4.78, 5) is -0.551. The first kappa shape index (κ1) is 19.5. The zero-order chi connectivity index (χ0) is 15.7. The van der Waals surface area contributed by atoms with Crippen molar-refractivity contribution in [3.8, 4) is 0 Å². The van der Waals surface area contributed by atoms with E-state index in [1.165, 1.54) is 0 Å². The zero-order valence-electron chi connectivity index (χ0n) is 11.3. The second kappa shape index (κ2) is 7.35. The van der Waals surface area contributed by atoms with E-state index in [1.54, 1.807) is 0 Å². The van der Waals surface area contributed by atoms with Gasteiger partial charge in [-0.1, -0.05) is 11.6 Å². The average Bonchev–Trinajstić information content (AvgIpc) is 2.38. The van der Waals surface area contributed by atoms with E-state index in [0.717, 1.165) is 25.1 Å². The molecule has 0 aliphatic carbocycles. The first-order valence-electron chi connectivity index (χ1n) is 6.30. The summed E-state index contributed by atoms with van der Waals surface area (Å²) in [6, 6.07) is 1.90. The lowest BCUT2D eigenvalue weighted by atomic mass is 10.1. The molecule has 1 atom stereocenters. The highest BCUT2D eigenvalue weighted by Crippen LogP contribution is 2.33. The van der Waals surface area contributed by atoms with E-state index >= 15 is 0 Å². The lowest BCUT2D eigenvalue weighted by molar-refractivity contribution is -0.137. The van der Waals surface area contributed by atoms with Gasteiger partial charge in [-0.2, -0.15) is 13.2 Å². The Morgan fingerprint density at radius 3 is 2.55 bits per heavy atom. The second-order valence-electron chi connectivity index (χ2n) is 4.81. The number of piperidine rings is 1. The smallest absolute Gasteiger partial charge is 0.315 e. The lowest BCUT2D eigenvalue weighted by Crippen LogP contribution is -2.45. The molecule has 1 saturated heterocycles. The number of hydrogen-bond donors (Lipinski definition) is 2. The molecule has 126 valence electrons. The summed E-state index contributed by atoms with van der Waals surface area (Å²) in [5, 5.41) is 2.78. The Balaban J connectivity index is 0.00000242. The number of rotatable bonds is 3. The number of benzene rings is 1. The third-order valence-electron chi connectivity index (χ3n) is 3.17. The number of sulfonamides is 1. The fourth-order valence-electron chi connectivity index (χ4n) is 2.12. The van der Waals surface area contributed by atoms with Gasteiger partial charge in [0.05, 0.1) is 10.6 Å². The highest BCUT2D eigenvalue weighted by molar-refractivity contribution is 7.89. The highest BCUT2D eigenvalue weighted by Gasteiger charge is 2.33. The Hall–Kier alpha value is -0.540. The van der Waals surface area contributed by atoms with Crippen molar-refractivity contribution in [1.82, 2.24) is 10.0 Å². The van der Waals surface area contributed by atoms with Crippen molar-refractivity contribution in [1.29, 1.82) is 0 Å². The first-order chi connectivity index (χ1) is 9.70. The first-order valence-corrected chi connectivity index (χ1v) is 8.16. The van der Waals surface area contributed by atoms with Gasteiger partial charge in [0.15, 0.2) is 0 Å². The van der Waals surface area contributed by atoms with E-state index in [1.807, 2.05) is 0 Å². The summed E-state index contributed by atoms with van der Waals surface area (Å²) in [5.74, 6) is 0. The maximum atomic E-state index is 12.7. The second-order valence-corrected chi connectivity index (χ2v) is 6.90. The minimum absolute atomic E-state index is 0.